The Kier molecular flexibility index (Phi) is 5.49. The molecule has 1 aromatic heterocycles. The van der Waals surface area contributed by atoms with Crippen LogP contribution in [0.15, 0.2) is 47.8 Å². The highest BCUT2D eigenvalue weighted by atomic mass is 32.2. The predicted molar refractivity (Wildman–Crippen MR) is 76.1 cm³/mol. The van der Waals surface area contributed by atoms with Crippen LogP contribution in [0.2, 0.25) is 0 Å². The van der Waals surface area contributed by atoms with Crippen molar-refractivity contribution in [2.24, 2.45) is 0 Å². The van der Waals surface area contributed by atoms with Gasteiger partial charge in [0.2, 0.25) is 0 Å². The number of amides is 1. The smallest absolute Gasteiger partial charge is 0.271 e. The first-order valence-electron chi connectivity index (χ1n) is 6.18. The standard InChI is InChI=1S/C14H14FN3OS/c15-11-2-4-12(5-3-11)20-9-1-6-18-14(19)13-10-16-7-8-17-13/h2-5,7-8,10H,1,6,9H2,(H,18,19). The van der Waals surface area contributed by atoms with E-state index >= 15 is 0 Å². The van der Waals surface area contributed by atoms with Gasteiger partial charge in [-0.2, -0.15) is 0 Å². The second kappa shape index (κ2) is 7.59. The van der Waals surface area contributed by atoms with Crippen LogP contribution in [0.5, 0.6) is 0 Å². The Morgan fingerprint density at radius 2 is 2.05 bits per heavy atom. The van der Waals surface area contributed by atoms with Crippen molar-refractivity contribution < 1.29 is 9.18 Å². The van der Waals surface area contributed by atoms with E-state index in [1.54, 1.807) is 23.9 Å². The Bertz CT molecular complexity index is 548. The Morgan fingerprint density at radius 1 is 1.25 bits per heavy atom. The van der Waals surface area contributed by atoms with Gasteiger partial charge in [0.15, 0.2) is 0 Å². The quantitative estimate of drug-likeness (QED) is 0.656. The second-order valence-electron chi connectivity index (χ2n) is 4.00. The number of rotatable bonds is 6. The lowest BCUT2D eigenvalue weighted by Gasteiger charge is -2.04. The number of nitrogens with zero attached hydrogens (tertiary/aromatic N) is 2. The second-order valence-corrected chi connectivity index (χ2v) is 5.17. The van der Waals surface area contributed by atoms with E-state index in [1.165, 1.54) is 30.7 Å². The molecule has 0 saturated heterocycles. The molecule has 0 bridgehead atoms. The number of halogens is 1. The fraction of sp³-hybridized carbons (Fsp3) is 0.214. The van der Waals surface area contributed by atoms with Crippen LogP contribution in [0.1, 0.15) is 16.9 Å². The third kappa shape index (κ3) is 4.62. The van der Waals surface area contributed by atoms with Crippen molar-refractivity contribution in [1.29, 1.82) is 0 Å². The van der Waals surface area contributed by atoms with Crippen molar-refractivity contribution in [3.8, 4) is 0 Å². The van der Waals surface area contributed by atoms with E-state index in [2.05, 4.69) is 15.3 Å². The Hall–Kier alpha value is -1.95. The maximum atomic E-state index is 12.7. The number of carbonyl (C=O) groups excluding carboxylic acids is 1. The van der Waals surface area contributed by atoms with Crippen LogP contribution in [0.3, 0.4) is 0 Å². The van der Waals surface area contributed by atoms with Crippen LogP contribution >= 0.6 is 11.8 Å². The van der Waals surface area contributed by atoms with Gasteiger partial charge in [-0.05, 0) is 36.4 Å². The summed E-state index contributed by atoms with van der Waals surface area (Å²) in [5.74, 6) is 0.405. The lowest BCUT2D eigenvalue weighted by molar-refractivity contribution is 0.0948. The molecule has 1 N–H and O–H groups in total. The Balaban J connectivity index is 1.64. The van der Waals surface area contributed by atoms with Crippen LogP contribution in [0.25, 0.3) is 0 Å². The minimum absolute atomic E-state index is 0.218. The summed E-state index contributed by atoms with van der Waals surface area (Å²) in [6.45, 7) is 0.573. The molecule has 2 rings (SSSR count). The molecule has 6 heteroatoms. The molecule has 0 radical (unpaired) electrons. The molecule has 0 saturated carbocycles. The van der Waals surface area contributed by atoms with E-state index < -0.39 is 0 Å². The van der Waals surface area contributed by atoms with Gasteiger partial charge in [-0.3, -0.25) is 9.78 Å². The number of hydrogen-bond acceptors (Lipinski definition) is 4. The zero-order valence-corrected chi connectivity index (χ0v) is 11.6. The van der Waals surface area contributed by atoms with Crippen LogP contribution in [0.4, 0.5) is 4.39 Å². The lowest BCUT2D eigenvalue weighted by Crippen LogP contribution is -2.25. The van der Waals surface area contributed by atoms with Gasteiger partial charge in [0.05, 0.1) is 6.20 Å². The minimum Gasteiger partial charge on any atom is -0.351 e. The first-order valence-corrected chi connectivity index (χ1v) is 7.17. The number of aromatic nitrogens is 2. The molecule has 0 aliphatic carbocycles. The van der Waals surface area contributed by atoms with Gasteiger partial charge in [0.25, 0.3) is 5.91 Å². The van der Waals surface area contributed by atoms with Gasteiger partial charge >= 0.3 is 0 Å². The highest BCUT2D eigenvalue weighted by Crippen LogP contribution is 2.18. The van der Waals surface area contributed by atoms with E-state index in [4.69, 9.17) is 0 Å². The Labute approximate surface area is 120 Å². The normalized spacial score (nSPS) is 10.2. The molecule has 0 unspecified atom stereocenters. The predicted octanol–water partition coefficient (Wildman–Crippen LogP) is 2.53. The fourth-order valence-corrected chi connectivity index (χ4v) is 2.35. The molecule has 2 aromatic rings. The molecule has 1 amide bonds. The monoisotopic (exact) mass is 291 g/mol. The summed E-state index contributed by atoms with van der Waals surface area (Å²) < 4.78 is 12.7. The van der Waals surface area contributed by atoms with Gasteiger partial charge in [-0.1, -0.05) is 0 Å². The summed E-state index contributed by atoms with van der Waals surface area (Å²) in [5, 5.41) is 2.78. The highest BCUT2D eigenvalue weighted by Gasteiger charge is 2.05. The summed E-state index contributed by atoms with van der Waals surface area (Å²) in [6.07, 6.45) is 5.27. The van der Waals surface area contributed by atoms with E-state index in [0.29, 0.717) is 12.2 Å². The molecule has 0 fully saturated rings. The third-order valence-corrected chi connectivity index (χ3v) is 3.58. The lowest BCUT2D eigenvalue weighted by atomic mass is 10.3. The molecular formula is C14H14FN3OS. The molecular weight excluding hydrogens is 277 g/mol. The van der Waals surface area contributed by atoms with Crippen LogP contribution < -0.4 is 5.32 Å². The van der Waals surface area contributed by atoms with Gasteiger partial charge in [0.1, 0.15) is 11.5 Å². The maximum Gasteiger partial charge on any atom is 0.271 e. The van der Waals surface area contributed by atoms with Gasteiger partial charge < -0.3 is 5.32 Å². The summed E-state index contributed by atoms with van der Waals surface area (Å²) in [6, 6.07) is 6.38. The van der Waals surface area contributed by atoms with Gasteiger partial charge in [-0.15, -0.1) is 11.8 Å². The zero-order chi connectivity index (χ0) is 14.2. The molecule has 1 heterocycles. The molecule has 20 heavy (non-hydrogen) atoms. The zero-order valence-electron chi connectivity index (χ0n) is 10.8. The van der Waals surface area contributed by atoms with Crippen molar-refractivity contribution in [2.75, 3.05) is 12.3 Å². The summed E-state index contributed by atoms with van der Waals surface area (Å²) >= 11 is 1.63. The number of benzene rings is 1. The van der Waals surface area contributed by atoms with E-state index in [1.807, 2.05) is 0 Å². The van der Waals surface area contributed by atoms with Gasteiger partial charge in [0, 0.05) is 23.8 Å². The molecule has 1 aromatic carbocycles. The number of carbonyl (C=O) groups is 1. The van der Waals surface area contributed by atoms with Crippen molar-refractivity contribution in [1.82, 2.24) is 15.3 Å². The van der Waals surface area contributed by atoms with Crippen LogP contribution in [0, 0.1) is 5.82 Å². The number of nitrogens with one attached hydrogen (secondary N) is 1. The molecule has 0 spiro atoms. The highest BCUT2D eigenvalue weighted by molar-refractivity contribution is 7.99. The van der Waals surface area contributed by atoms with Crippen molar-refractivity contribution in [3.63, 3.8) is 0 Å². The topological polar surface area (TPSA) is 54.9 Å². The first-order chi connectivity index (χ1) is 9.75. The van der Waals surface area contributed by atoms with E-state index in [9.17, 15) is 9.18 Å². The number of hydrogen-bond donors (Lipinski definition) is 1. The molecule has 0 aliphatic heterocycles. The van der Waals surface area contributed by atoms with Crippen molar-refractivity contribution in [2.45, 2.75) is 11.3 Å². The number of thioether (sulfide) groups is 1. The Morgan fingerprint density at radius 3 is 2.75 bits per heavy atom. The van der Waals surface area contributed by atoms with Crippen molar-refractivity contribution >= 4 is 17.7 Å². The average molecular weight is 291 g/mol. The first kappa shape index (κ1) is 14.5. The average Bonchev–Trinajstić information content (AvgIpc) is 2.49. The fourth-order valence-electron chi connectivity index (χ4n) is 1.50. The van der Waals surface area contributed by atoms with Crippen LogP contribution in [-0.4, -0.2) is 28.2 Å². The van der Waals surface area contributed by atoms with E-state index in [-0.39, 0.29) is 11.7 Å². The third-order valence-electron chi connectivity index (χ3n) is 2.48. The molecule has 104 valence electrons. The minimum atomic E-state index is -0.231. The molecule has 4 nitrogen and oxygen atoms in total. The molecule has 0 aliphatic rings. The van der Waals surface area contributed by atoms with E-state index in [0.717, 1.165) is 17.1 Å². The maximum absolute atomic E-state index is 12.7. The summed E-state index contributed by atoms with van der Waals surface area (Å²) in [5.41, 5.74) is 0.318. The largest absolute Gasteiger partial charge is 0.351 e. The van der Waals surface area contributed by atoms with Crippen molar-refractivity contribution in [3.05, 3.63) is 54.4 Å². The SMILES string of the molecule is O=C(NCCCSc1ccc(F)cc1)c1cnccn1. The summed E-state index contributed by atoms with van der Waals surface area (Å²) in [7, 11) is 0. The molecule has 0 atom stereocenters. The summed E-state index contributed by atoms with van der Waals surface area (Å²) in [4.78, 5) is 20.4. The van der Waals surface area contributed by atoms with Crippen LogP contribution in [-0.2, 0) is 0 Å². The van der Waals surface area contributed by atoms with Gasteiger partial charge in [-0.25, -0.2) is 9.37 Å².